The van der Waals surface area contributed by atoms with E-state index >= 15 is 0 Å². The highest BCUT2D eigenvalue weighted by Crippen LogP contribution is 2.36. The molecule has 0 aliphatic carbocycles. The van der Waals surface area contributed by atoms with Gasteiger partial charge in [0.15, 0.2) is 0 Å². The number of hydrogen-bond acceptors (Lipinski definition) is 6. The smallest absolute Gasteiger partial charge is 0.392 e. The van der Waals surface area contributed by atoms with Crippen LogP contribution in [0.3, 0.4) is 0 Å². The van der Waals surface area contributed by atoms with Crippen molar-refractivity contribution in [3.63, 3.8) is 0 Å². The number of nitrogens with zero attached hydrogens (tertiary/aromatic N) is 3. The lowest BCUT2D eigenvalue weighted by Gasteiger charge is -2.11. The van der Waals surface area contributed by atoms with E-state index in [0.29, 0.717) is 10.8 Å². The van der Waals surface area contributed by atoms with E-state index in [0.717, 1.165) is 11.9 Å². The first-order chi connectivity index (χ1) is 10.4. The zero-order valence-electron chi connectivity index (χ0n) is 12.2. The first kappa shape index (κ1) is 16.0. The summed E-state index contributed by atoms with van der Waals surface area (Å²) in [5, 5.41) is 11.9. The summed E-state index contributed by atoms with van der Waals surface area (Å²) in [7, 11) is 0. The maximum Gasteiger partial charge on any atom is 0.392 e. The molecule has 0 saturated heterocycles. The van der Waals surface area contributed by atoms with Crippen molar-refractivity contribution < 1.29 is 14.4 Å². The predicted octanol–water partition coefficient (Wildman–Crippen LogP) is 3.93. The number of nitro groups is 1. The van der Waals surface area contributed by atoms with Crippen LogP contribution in [0, 0.1) is 17.0 Å². The summed E-state index contributed by atoms with van der Waals surface area (Å²) in [5.74, 6) is 0.0762. The second-order valence-electron chi connectivity index (χ2n) is 4.77. The van der Waals surface area contributed by atoms with Gasteiger partial charge in [0.25, 0.3) is 0 Å². The van der Waals surface area contributed by atoms with E-state index in [-0.39, 0.29) is 17.9 Å². The van der Waals surface area contributed by atoms with Crippen LogP contribution in [0.4, 0.5) is 5.69 Å². The minimum Gasteiger partial charge on any atom is -0.470 e. The zero-order valence-corrected chi connectivity index (χ0v) is 13.0. The van der Waals surface area contributed by atoms with Gasteiger partial charge in [-0.3, -0.25) is 10.1 Å². The molecule has 0 atom stereocenters. The Morgan fingerprint density at radius 1 is 1.27 bits per heavy atom. The van der Waals surface area contributed by atoms with Crippen molar-refractivity contribution in [3.8, 4) is 17.5 Å². The average molecular weight is 324 g/mol. The first-order valence-corrected chi connectivity index (χ1v) is 6.86. The van der Waals surface area contributed by atoms with Crippen molar-refractivity contribution in [1.82, 2.24) is 9.97 Å². The molecule has 0 aliphatic rings. The lowest BCUT2D eigenvalue weighted by molar-refractivity contribution is -0.387. The number of benzene rings is 1. The van der Waals surface area contributed by atoms with E-state index in [9.17, 15) is 10.1 Å². The minimum atomic E-state index is -0.629. The quantitative estimate of drug-likeness (QED) is 0.612. The topological polar surface area (TPSA) is 87.4 Å². The molecule has 0 unspecified atom stereocenters. The van der Waals surface area contributed by atoms with Crippen LogP contribution < -0.4 is 9.47 Å². The van der Waals surface area contributed by atoms with Crippen LogP contribution in [0.15, 0.2) is 24.5 Å². The summed E-state index contributed by atoms with van der Waals surface area (Å²) in [6.07, 6.45) is 0.891. The number of rotatable bonds is 5. The number of halogens is 1. The van der Waals surface area contributed by atoms with Crippen LogP contribution >= 0.6 is 11.6 Å². The number of aryl methyl sites for hydroxylation is 1. The average Bonchev–Trinajstić information content (AvgIpc) is 2.42. The standard InChI is InChI=1S/C14H14ClN3O4/c1-8(2)21-13-12(18(19)20)14(17-7-16-13)22-10-4-5-11(15)9(3)6-10/h4-8H,1-3H3. The highest BCUT2D eigenvalue weighted by molar-refractivity contribution is 6.31. The van der Waals surface area contributed by atoms with Crippen molar-refractivity contribution >= 4 is 17.3 Å². The lowest BCUT2D eigenvalue weighted by atomic mass is 10.2. The summed E-state index contributed by atoms with van der Waals surface area (Å²) >= 11 is 5.94. The second-order valence-corrected chi connectivity index (χ2v) is 5.18. The van der Waals surface area contributed by atoms with E-state index in [1.54, 1.807) is 39.0 Å². The molecule has 2 aromatic rings. The Bertz CT molecular complexity index is 706. The number of aromatic nitrogens is 2. The summed E-state index contributed by atoms with van der Waals surface area (Å²) in [6, 6.07) is 4.91. The summed E-state index contributed by atoms with van der Waals surface area (Å²) in [5.41, 5.74) is 0.373. The highest BCUT2D eigenvalue weighted by atomic mass is 35.5. The number of hydrogen-bond donors (Lipinski definition) is 0. The van der Waals surface area contributed by atoms with E-state index in [1.165, 1.54) is 0 Å². The van der Waals surface area contributed by atoms with E-state index < -0.39 is 10.6 Å². The van der Waals surface area contributed by atoms with Gasteiger partial charge in [-0.15, -0.1) is 0 Å². The highest BCUT2D eigenvalue weighted by Gasteiger charge is 2.27. The molecule has 0 N–H and O–H groups in total. The fraction of sp³-hybridized carbons (Fsp3) is 0.286. The van der Waals surface area contributed by atoms with Crippen LogP contribution in [0.1, 0.15) is 19.4 Å². The molecular weight excluding hydrogens is 310 g/mol. The molecule has 8 heteroatoms. The lowest BCUT2D eigenvalue weighted by Crippen LogP contribution is -2.10. The van der Waals surface area contributed by atoms with E-state index in [4.69, 9.17) is 21.1 Å². The van der Waals surface area contributed by atoms with Gasteiger partial charge in [0, 0.05) is 5.02 Å². The van der Waals surface area contributed by atoms with Crippen LogP contribution in [0.5, 0.6) is 17.5 Å². The van der Waals surface area contributed by atoms with Crippen molar-refractivity contribution in [2.45, 2.75) is 26.9 Å². The zero-order chi connectivity index (χ0) is 16.3. The molecule has 0 radical (unpaired) electrons. The molecule has 22 heavy (non-hydrogen) atoms. The van der Waals surface area contributed by atoms with Crippen molar-refractivity contribution in [2.24, 2.45) is 0 Å². The fourth-order valence-electron chi connectivity index (χ4n) is 1.68. The van der Waals surface area contributed by atoms with Crippen molar-refractivity contribution in [3.05, 3.63) is 45.2 Å². The maximum absolute atomic E-state index is 11.3. The van der Waals surface area contributed by atoms with E-state index in [2.05, 4.69) is 9.97 Å². The molecular formula is C14H14ClN3O4. The molecule has 0 spiro atoms. The summed E-state index contributed by atoms with van der Waals surface area (Å²) < 4.78 is 10.8. The number of ether oxygens (including phenoxy) is 2. The fourth-order valence-corrected chi connectivity index (χ4v) is 1.80. The van der Waals surface area contributed by atoms with Gasteiger partial charge in [-0.25, -0.2) is 0 Å². The van der Waals surface area contributed by atoms with E-state index in [1.807, 2.05) is 0 Å². The van der Waals surface area contributed by atoms with Crippen LogP contribution in [-0.2, 0) is 0 Å². The Morgan fingerprint density at radius 2 is 1.95 bits per heavy atom. The Labute approximate surface area is 132 Å². The molecule has 1 heterocycles. The molecule has 116 valence electrons. The van der Waals surface area contributed by atoms with Gasteiger partial charge in [0.2, 0.25) is 0 Å². The summed E-state index contributed by atoms with van der Waals surface area (Å²) in [4.78, 5) is 18.3. The Morgan fingerprint density at radius 3 is 2.55 bits per heavy atom. The van der Waals surface area contributed by atoms with Gasteiger partial charge >= 0.3 is 17.4 Å². The molecule has 0 fully saturated rings. The SMILES string of the molecule is Cc1cc(Oc2ncnc(OC(C)C)c2[N+](=O)[O-])ccc1Cl. The third-order valence-corrected chi connectivity index (χ3v) is 3.05. The monoisotopic (exact) mass is 323 g/mol. The molecule has 0 aliphatic heterocycles. The third kappa shape index (κ3) is 3.62. The molecule has 1 aromatic heterocycles. The van der Waals surface area contributed by atoms with Crippen LogP contribution in [0.25, 0.3) is 0 Å². The Balaban J connectivity index is 2.41. The van der Waals surface area contributed by atoms with Crippen LogP contribution in [0.2, 0.25) is 5.02 Å². The second kappa shape index (κ2) is 6.57. The molecule has 7 nitrogen and oxygen atoms in total. The van der Waals surface area contributed by atoms with Gasteiger partial charge in [0.05, 0.1) is 11.0 Å². The van der Waals surface area contributed by atoms with Crippen molar-refractivity contribution in [1.29, 1.82) is 0 Å². The van der Waals surface area contributed by atoms with Crippen LogP contribution in [-0.4, -0.2) is 21.0 Å². The third-order valence-electron chi connectivity index (χ3n) is 2.63. The first-order valence-electron chi connectivity index (χ1n) is 6.48. The van der Waals surface area contributed by atoms with Gasteiger partial charge in [-0.05, 0) is 44.5 Å². The molecule has 0 amide bonds. The van der Waals surface area contributed by atoms with Gasteiger partial charge in [0.1, 0.15) is 12.1 Å². The maximum atomic E-state index is 11.3. The van der Waals surface area contributed by atoms with Gasteiger partial charge < -0.3 is 9.47 Å². The Kier molecular flexibility index (Phi) is 4.77. The minimum absolute atomic E-state index is 0.129. The molecule has 0 saturated carbocycles. The predicted molar refractivity (Wildman–Crippen MR) is 80.7 cm³/mol. The Hall–Kier alpha value is -2.41. The van der Waals surface area contributed by atoms with Crippen molar-refractivity contribution in [2.75, 3.05) is 0 Å². The van der Waals surface area contributed by atoms with Gasteiger partial charge in [-0.1, -0.05) is 11.6 Å². The molecule has 0 bridgehead atoms. The molecule has 1 aromatic carbocycles. The molecule has 2 rings (SSSR count). The largest absolute Gasteiger partial charge is 0.470 e. The normalized spacial score (nSPS) is 10.6. The summed E-state index contributed by atoms with van der Waals surface area (Å²) in [6.45, 7) is 5.29. The van der Waals surface area contributed by atoms with Gasteiger partial charge in [-0.2, -0.15) is 9.97 Å².